The van der Waals surface area contributed by atoms with E-state index in [2.05, 4.69) is 11.1 Å². The van der Waals surface area contributed by atoms with Crippen LogP contribution in [-0.2, 0) is 4.74 Å². The van der Waals surface area contributed by atoms with E-state index in [4.69, 9.17) is 10.5 Å². The van der Waals surface area contributed by atoms with Crippen molar-refractivity contribution in [1.82, 2.24) is 9.88 Å². The first-order valence-electron chi connectivity index (χ1n) is 9.82. The summed E-state index contributed by atoms with van der Waals surface area (Å²) in [5, 5.41) is 0.945. The monoisotopic (exact) mass is 373 g/mol. The number of fused-ring (bicyclic) bond motifs is 1. The molecule has 2 aliphatic rings. The zero-order valence-corrected chi connectivity index (χ0v) is 15.7. The van der Waals surface area contributed by atoms with E-state index in [9.17, 15) is 4.79 Å². The first-order chi connectivity index (χ1) is 13.6. The molecule has 0 atom stereocenters. The minimum atomic E-state index is 0.0629. The van der Waals surface area contributed by atoms with Crippen LogP contribution in [0, 0.1) is 0 Å². The highest BCUT2D eigenvalue weighted by atomic mass is 16.5. The second-order valence-electron chi connectivity index (χ2n) is 7.78. The number of hydrogen-bond acceptors (Lipinski definition) is 4. The molecule has 0 aliphatic carbocycles. The summed E-state index contributed by atoms with van der Waals surface area (Å²) in [4.78, 5) is 19.1. The number of amides is 1. The van der Waals surface area contributed by atoms with Crippen LogP contribution in [0.1, 0.15) is 29.6 Å². The zero-order valence-electron chi connectivity index (χ0n) is 15.7. The van der Waals surface area contributed by atoms with Gasteiger partial charge in [0.15, 0.2) is 0 Å². The van der Waals surface area contributed by atoms with Crippen LogP contribution in [-0.4, -0.2) is 41.1 Å². The van der Waals surface area contributed by atoms with Gasteiger partial charge in [0.2, 0.25) is 0 Å². The van der Waals surface area contributed by atoms with Gasteiger partial charge in [-0.3, -0.25) is 9.78 Å². The van der Waals surface area contributed by atoms with E-state index in [1.807, 2.05) is 47.4 Å². The van der Waals surface area contributed by atoms with Gasteiger partial charge in [-0.05, 0) is 60.7 Å². The molecule has 0 saturated carbocycles. The summed E-state index contributed by atoms with van der Waals surface area (Å²) in [6.07, 6.45) is 4.75. The highest BCUT2D eigenvalue weighted by Crippen LogP contribution is 2.37. The highest BCUT2D eigenvalue weighted by Gasteiger charge is 2.41. The Kier molecular flexibility index (Phi) is 4.05. The minimum Gasteiger partial charge on any atom is -0.398 e. The lowest BCUT2D eigenvalue weighted by Gasteiger charge is -2.47. The number of piperidine rings is 1. The van der Waals surface area contributed by atoms with E-state index in [-0.39, 0.29) is 11.5 Å². The van der Waals surface area contributed by atoms with Crippen molar-refractivity contribution in [3.63, 3.8) is 0 Å². The maximum atomic E-state index is 12.8. The SMILES string of the molecule is Nc1ccnc2ccc(-c3ccc(C(=O)N4CCC5(CCO5)CC4)cc3)cc12. The van der Waals surface area contributed by atoms with Crippen molar-refractivity contribution in [2.45, 2.75) is 24.9 Å². The number of likely N-dealkylation sites (tertiary alicyclic amines) is 1. The summed E-state index contributed by atoms with van der Waals surface area (Å²) < 4.78 is 5.75. The van der Waals surface area contributed by atoms with Gasteiger partial charge in [-0.25, -0.2) is 0 Å². The van der Waals surface area contributed by atoms with E-state index in [0.29, 0.717) is 0 Å². The van der Waals surface area contributed by atoms with Crippen LogP contribution >= 0.6 is 0 Å². The number of pyridine rings is 1. The first-order valence-corrected chi connectivity index (χ1v) is 9.82. The molecule has 28 heavy (non-hydrogen) atoms. The Morgan fingerprint density at radius 1 is 1.00 bits per heavy atom. The Hall–Kier alpha value is -2.92. The molecule has 0 unspecified atom stereocenters. The number of carbonyl (C=O) groups is 1. The van der Waals surface area contributed by atoms with Gasteiger partial charge in [0, 0.05) is 35.9 Å². The van der Waals surface area contributed by atoms with Gasteiger partial charge in [0.05, 0.1) is 17.7 Å². The number of anilines is 1. The van der Waals surface area contributed by atoms with Crippen LogP contribution in [0.3, 0.4) is 0 Å². The predicted molar refractivity (Wildman–Crippen MR) is 110 cm³/mol. The smallest absolute Gasteiger partial charge is 0.253 e. The number of aromatic nitrogens is 1. The molecule has 2 fully saturated rings. The van der Waals surface area contributed by atoms with Crippen molar-refractivity contribution in [3.8, 4) is 11.1 Å². The molecule has 5 nitrogen and oxygen atoms in total. The van der Waals surface area contributed by atoms with Crippen LogP contribution < -0.4 is 5.73 Å². The number of nitrogen functional groups attached to an aromatic ring is 1. The topological polar surface area (TPSA) is 68.5 Å². The van der Waals surface area contributed by atoms with Crippen LogP contribution in [0.4, 0.5) is 5.69 Å². The average molecular weight is 373 g/mol. The molecule has 5 heteroatoms. The fourth-order valence-electron chi connectivity index (χ4n) is 4.24. The zero-order chi connectivity index (χ0) is 19.1. The maximum absolute atomic E-state index is 12.8. The number of ether oxygens (including phenoxy) is 1. The number of nitrogens with zero attached hydrogens (tertiary/aromatic N) is 2. The summed E-state index contributed by atoms with van der Waals surface area (Å²) in [6, 6.07) is 15.7. The van der Waals surface area contributed by atoms with E-state index in [0.717, 1.165) is 72.2 Å². The largest absolute Gasteiger partial charge is 0.398 e. The average Bonchev–Trinajstić information content (AvgIpc) is 2.72. The Bertz CT molecular complexity index is 1030. The number of benzene rings is 2. The minimum absolute atomic E-state index is 0.0629. The summed E-state index contributed by atoms with van der Waals surface area (Å²) in [6.45, 7) is 2.42. The second kappa shape index (κ2) is 6.60. The molecule has 2 aliphatic heterocycles. The van der Waals surface area contributed by atoms with Crippen LogP contribution in [0.5, 0.6) is 0 Å². The van der Waals surface area contributed by atoms with Gasteiger partial charge in [-0.2, -0.15) is 0 Å². The molecule has 3 heterocycles. The Labute approximate surface area is 164 Å². The quantitative estimate of drug-likeness (QED) is 0.740. The molecule has 0 bridgehead atoms. The third kappa shape index (κ3) is 2.92. The van der Waals surface area contributed by atoms with E-state index in [1.165, 1.54) is 0 Å². The summed E-state index contributed by atoms with van der Waals surface area (Å²) in [5.41, 5.74) is 10.6. The fourth-order valence-corrected chi connectivity index (χ4v) is 4.24. The molecule has 2 saturated heterocycles. The molecule has 1 amide bonds. The van der Waals surface area contributed by atoms with E-state index >= 15 is 0 Å². The van der Waals surface area contributed by atoms with Gasteiger partial charge in [-0.1, -0.05) is 18.2 Å². The number of nitrogens with two attached hydrogens (primary N) is 1. The van der Waals surface area contributed by atoms with Crippen molar-refractivity contribution < 1.29 is 9.53 Å². The van der Waals surface area contributed by atoms with Gasteiger partial charge in [0.25, 0.3) is 5.91 Å². The van der Waals surface area contributed by atoms with Gasteiger partial charge in [0.1, 0.15) is 0 Å². The Balaban J connectivity index is 1.34. The summed E-state index contributed by atoms with van der Waals surface area (Å²) >= 11 is 0. The molecule has 1 spiro atoms. The molecule has 1 aromatic heterocycles. The summed E-state index contributed by atoms with van der Waals surface area (Å²) in [7, 11) is 0. The fraction of sp³-hybridized carbons (Fsp3) is 0.304. The molecule has 2 N–H and O–H groups in total. The van der Waals surface area contributed by atoms with Gasteiger partial charge >= 0.3 is 0 Å². The normalized spacial score (nSPS) is 18.2. The second-order valence-corrected chi connectivity index (χ2v) is 7.78. The Morgan fingerprint density at radius 2 is 1.71 bits per heavy atom. The molecule has 142 valence electrons. The lowest BCUT2D eigenvalue weighted by molar-refractivity contribution is -0.169. The van der Waals surface area contributed by atoms with Gasteiger partial charge < -0.3 is 15.4 Å². The number of carbonyl (C=O) groups excluding carboxylic acids is 1. The standard InChI is InChI=1S/C23H23N3O2/c24-20-7-11-25-21-6-5-18(15-19(20)21)16-1-3-17(4-2-16)22(27)26-12-8-23(9-13-26)10-14-28-23/h1-7,11,15H,8-10,12-14H2,(H2,24,25). The van der Waals surface area contributed by atoms with Crippen LogP contribution in [0.15, 0.2) is 54.7 Å². The number of hydrogen-bond donors (Lipinski definition) is 1. The van der Waals surface area contributed by atoms with E-state index < -0.39 is 0 Å². The molecule has 2 aromatic carbocycles. The molecular formula is C23H23N3O2. The predicted octanol–water partition coefficient (Wildman–Crippen LogP) is 3.88. The third-order valence-corrected chi connectivity index (χ3v) is 6.17. The maximum Gasteiger partial charge on any atom is 0.253 e. The van der Waals surface area contributed by atoms with E-state index in [1.54, 1.807) is 6.20 Å². The Morgan fingerprint density at radius 3 is 2.39 bits per heavy atom. The lowest BCUT2D eigenvalue weighted by Crippen LogP contribution is -2.53. The van der Waals surface area contributed by atoms with Crippen molar-refractivity contribution in [3.05, 3.63) is 60.3 Å². The van der Waals surface area contributed by atoms with Crippen molar-refractivity contribution in [2.75, 3.05) is 25.4 Å². The van der Waals surface area contributed by atoms with Crippen LogP contribution in [0.2, 0.25) is 0 Å². The molecule has 3 aromatic rings. The lowest BCUT2D eigenvalue weighted by atomic mass is 9.84. The van der Waals surface area contributed by atoms with Crippen molar-refractivity contribution in [2.24, 2.45) is 0 Å². The molecule has 0 radical (unpaired) electrons. The van der Waals surface area contributed by atoms with Crippen molar-refractivity contribution in [1.29, 1.82) is 0 Å². The number of rotatable bonds is 2. The first kappa shape index (κ1) is 17.2. The molecular weight excluding hydrogens is 350 g/mol. The highest BCUT2D eigenvalue weighted by molar-refractivity contribution is 5.96. The van der Waals surface area contributed by atoms with Crippen molar-refractivity contribution >= 4 is 22.5 Å². The van der Waals surface area contributed by atoms with Gasteiger partial charge in [-0.15, -0.1) is 0 Å². The van der Waals surface area contributed by atoms with Crippen LogP contribution in [0.25, 0.3) is 22.0 Å². The third-order valence-electron chi connectivity index (χ3n) is 6.17. The molecule has 5 rings (SSSR count). The summed E-state index contributed by atoms with van der Waals surface area (Å²) in [5.74, 6) is 0.104.